The maximum Gasteiger partial charge on any atom is 0.407 e. The number of carbonyl (C=O) groups is 2. The fourth-order valence-corrected chi connectivity index (χ4v) is 3.29. The molecule has 2 amide bonds. The predicted molar refractivity (Wildman–Crippen MR) is 69.4 cm³/mol. The van der Waals surface area contributed by atoms with Crippen LogP contribution in [0.2, 0.25) is 0 Å². The smallest absolute Gasteiger partial charge is 0.407 e. The molecule has 3 unspecified atom stereocenters. The first-order valence-electron chi connectivity index (χ1n) is 6.35. The van der Waals surface area contributed by atoms with Gasteiger partial charge in [-0.1, -0.05) is 20.8 Å². The molecule has 0 saturated carbocycles. The minimum Gasteiger partial charge on any atom is -0.465 e. The van der Waals surface area contributed by atoms with Crippen molar-refractivity contribution in [2.75, 3.05) is 6.54 Å². The van der Waals surface area contributed by atoms with Gasteiger partial charge in [0.2, 0.25) is 5.91 Å². The SMILES string of the molecule is CC(=O)N1C(C)CN(C(=O)O)C(C(C)(C)C)C1C. The van der Waals surface area contributed by atoms with Gasteiger partial charge in [0.05, 0.1) is 12.1 Å². The van der Waals surface area contributed by atoms with Crippen molar-refractivity contribution in [3.8, 4) is 0 Å². The molecule has 3 atom stereocenters. The van der Waals surface area contributed by atoms with Crippen LogP contribution in [0, 0.1) is 5.41 Å². The fourth-order valence-electron chi connectivity index (χ4n) is 3.29. The number of piperazine rings is 1. The Hall–Kier alpha value is -1.26. The number of hydrogen-bond donors (Lipinski definition) is 1. The van der Waals surface area contributed by atoms with Crippen LogP contribution in [0.25, 0.3) is 0 Å². The highest BCUT2D eigenvalue weighted by Crippen LogP contribution is 2.34. The molecule has 18 heavy (non-hydrogen) atoms. The molecule has 5 heteroatoms. The van der Waals surface area contributed by atoms with Crippen molar-refractivity contribution in [2.24, 2.45) is 5.41 Å². The molecule has 1 N–H and O–H groups in total. The van der Waals surface area contributed by atoms with Crippen LogP contribution in [0.5, 0.6) is 0 Å². The van der Waals surface area contributed by atoms with Gasteiger partial charge in [-0.2, -0.15) is 0 Å². The molecule has 104 valence electrons. The van der Waals surface area contributed by atoms with E-state index in [2.05, 4.69) is 0 Å². The molecule has 1 aliphatic heterocycles. The summed E-state index contributed by atoms with van der Waals surface area (Å²) in [5.74, 6) is 0.00860. The van der Waals surface area contributed by atoms with Gasteiger partial charge in [-0.3, -0.25) is 4.79 Å². The lowest BCUT2D eigenvalue weighted by Crippen LogP contribution is -2.67. The summed E-state index contributed by atoms with van der Waals surface area (Å²) in [5.41, 5.74) is -0.203. The van der Waals surface area contributed by atoms with Gasteiger partial charge in [-0.25, -0.2) is 4.79 Å². The lowest BCUT2D eigenvalue weighted by atomic mass is 9.79. The Labute approximate surface area is 109 Å². The molecule has 0 aromatic rings. The number of hydrogen-bond acceptors (Lipinski definition) is 2. The van der Waals surface area contributed by atoms with E-state index in [1.807, 2.05) is 34.6 Å². The zero-order valence-electron chi connectivity index (χ0n) is 12.1. The van der Waals surface area contributed by atoms with E-state index in [1.54, 1.807) is 11.8 Å². The van der Waals surface area contributed by atoms with Gasteiger partial charge in [0.25, 0.3) is 0 Å². The summed E-state index contributed by atoms with van der Waals surface area (Å²) in [4.78, 5) is 26.4. The summed E-state index contributed by atoms with van der Waals surface area (Å²) in [6.45, 7) is 11.8. The summed E-state index contributed by atoms with van der Waals surface area (Å²) < 4.78 is 0. The van der Waals surface area contributed by atoms with E-state index in [9.17, 15) is 14.7 Å². The van der Waals surface area contributed by atoms with Gasteiger partial charge in [0.1, 0.15) is 0 Å². The molecule has 0 aromatic carbocycles. The van der Waals surface area contributed by atoms with Crippen LogP contribution >= 0.6 is 0 Å². The number of carboxylic acid groups (broad SMARTS) is 1. The molecule has 0 spiro atoms. The maximum absolute atomic E-state index is 11.7. The molecule has 0 aliphatic carbocycles. The highest BCUT2D eigenvalue weighted by Gasteiger charge is 2.46. The molecular weight excluding hydrogens is 232 g/mol. The summed E-state index contributed by atoms with van der Waals surface area (Å²) in [6, 6.07) is -0.371. The largest absolute Gasteiger partial charge is 0.465 e. The zero-order chi connectivity index (χ0) is 14.2. The van der Waals surface area contributed by atoms with E-state index < -0.39 is 6.09 Å². The summed E-state index contributed by atoms with van der Waals surface area (Å²) >= 11 is 0. The fraction of sp³-hybridized carbons (Fsp3) is 0.846. The molecular formula is C13H24N2O3. The van der Waals surface area contributed by atoms with Crippen LogP contribution < -0.4 is 0 Å². The number of nitrogens with zero attached hydrogens (tertiary/aromatic N) is 2. The summed E-state index contributed by atoms with van der Waals surface area (Å²) in [6.07, 6.45) is -0.906. The van der Waals surface area contributed by atoms with Crippen molar-refractivity contribution < 1.29 is 14.7 Å². The Kier molecular flexibility index (Phi) is 3.93. The Morgan fingerprint density at radius 1 is 1.22 bits per heavy atom. The average Bonchev–Trinajstić information content (AvgIpc) is 2.12. The van der Waals surface area contributed by atoms with Crippen LogP contribution in [0.3, 0.4) is 0 Å². The first-order chi connectivity index (χ1) is 8.07. The van der Waals surface area contributed by atoms with Gasteiger partial charge >= 0.3 is 6.09 Å². The monoisotopic (exact) mass is 256 g/mol. The minimum absolute atomic E-state index is 0.00860. The Morgan fingerprint density at radius 3 is 2.06 bits per heavy atom. The van der Waals surface area contributed by atoms with Crippen molar-refractivity contribution in [1.29, 1.82) is 0 Å². The number of rotatable bonds is 0. The molecule has 1 saturated heterocycles. The van der Waals surface area contributed by atoms with Crippen molar-refractivity contribution in [3.63, 3.8) is 0 Å². The normalized spacial score (nSPS) is 29.3. The van der Waals surface area contributed by atoms with E-state index in [-0.39, 0.29) is 29.4 Å². The quantitative estimate of drug-likeness (QED) is 0.721. The molecule has 1 aliphatic rings. The second kappa shape index (κ2) is 4.78. The molecule has 0 aromatic heterocycles. The topological polar surface area (TPSA) is 60.9 Å². The predicted octanol–water partition coefficient (Wildman–Crippen LogP) is 2.02. The lowest BCUT2D eigenvalue weighted by Gasteiger charge is -2.53. The van der Waals surface area contributed by atoms with E-state index in [0.717, 1.165) is 0 Å². The molecule has 1 heterocycles. The Balaban J connectivity index is 3.15. The first-order valence-corrected chi connectivity index (χ1v) is 6.35. The minimum atomic E-state index is -0.906. The van der Waals surface area contributed by atoms with Crippen molar-refractivity contribution >= 4 is 12.0 Å². The summed E-state index contributed by atoms with van der Waals surface area (Å²) in [7, 11) is 0. The molecule has 5 nitrogen and oxygen atoms in total. The third kappa shape index (κ3) is 2.60. The van der Waals surface area contributed by atoms with Gasteiger partial charge < -0.3 is 14.9 Å². The molecule has 1 fully saturated rings. The zero-order valence-corrected chi connectivity index (χ0v) is 12.1. The highest BCUT2D eigenvalue weighted by molar-refractivity contribution is 5.75. The van der Waals surface area contributed by atoms with Crippen LogP contribution in [-0.2, 0) is 4.79 Å². The van der Waals surface area contributed by atoms with Crippen molar-refractivity contribution in [2.45, 2.75) is 59.7 Å². The highest BCUT2D eigenvalue weighted by atomic mass is 16.4. The molecule has 0 bridgehead atoms. The van der Waals surface area contributed by atoms with Crippen molar-refractivity contribution in [1.82, 2.24) is 9.80 Å². The third-order valence-corrected chi connectivity index (χ3v) is 3.66. The van der Waals surface area contributed by atoms with Gasteiger partial charge in [0, 0.05) is 19.5 Å². The van der Waals surface area contributed by atoms with Gasteiger partial charge in [-0.15, -0.1) is 0 Å². The maximum atomic E-state index is 11.7. The van der Waals surface area contributed by atoms with E-state index in [4.69, 9.17) is 0 Å². The lowest BCUT2D eigenvalue weighted by molar-refractivity contribution is -0.141. The molecule has 1 rings (SSSR count). The Bertz CT molecular complexity index is 349. The second-order valence-corrected chi connectivity index (χ2v) is 6.26. The van der Waals surface area contributed by atoms with E-state index in [0.29, 0.717) is 6.54 Å². The second-order valence-electron chi connectivity index (χ2n) is 6.26. The van der Waals surface area contributed by atoms with Crippen LogP contribution in [0.15, 0.2) is 0 Å². The molecule has 0 radical (unpaired) electrons. The van der Waals surface area contributed by atoms with E-state index >= 15 is 0 Å². The van der Waals surface area contributed by atoms with Crippen molar-refractivity contribution in [3.05, 3.63) is 0 Å². The van der Waals surface area contributed by atoms with Crippen LogP contribution in [0.4, 0.5) is 4.79 Å². The van der Waals surface area contributed by atoms with Crippen LogP contribution in [0.1, 0.15) is 41.5 Å². The van der Waals surface area contributed by atoms with Gasteiger partial charge in [-0.05, 0) is 19.3 Å². The van der Waals surface area contributed by atoms with Gasteiger partial charge in [0.15, 0.2) is 0 Å². The summed E-state index contributed by atoms with van der Waals surface area (Å²) in [5, 5.41) is 9.35. The Morgan fingerprint density at radius 2 is 1.72 bits per heavy atom. The third-order valence-electron chi connectivity index (χ3n) is 3.66. The number of carbonyl (C=O) groups excluding carboxylic acids is 1. The van der Waals surface area contributed by atoms with E-state index in [1.165, 1.54) is 4.90 Å². The average molecular weight is 256 g/mol. The first kappa shape index (κ1) is 14.8. The van der Waals surface area contributed by atoms with Crippen LogP contribution in [-0.4, -0.2) is 51.6 Å². The number of amides is 2. The standard InChI is InChI=1S/C13H24N2O3/c1-8-7-14(12(17)18)11(13(4,5)6)9(2)15(8)10(3)16/h8-9,11H,7H2,1-6H3,(H,17,18).